The fourth-order valence-electron chi connectivity index (χ4n) is 3.57. The van der Waals surface area contributed by atoms with Crippen molar-refractivity contribution >= 4 is 27.0 Å². The zero-order chi connectivity index (χ0) is 20.1. The number of fused-ring (bicyclic) bond motifs is 1. The van der Waals surface area contributed by atoms with Crippen LogP contribution in [0.5, 0.6) is 0 Å². The Bertz CT molecular complexity index is 1100. The average Bonchev–Trinajstić information content (AvgIpc) is 3.31. The highest BCUT2D eigenvalue weighted by Gasteiger charge is 2.37. The van der Waals surface area contributed by atoms with Crippen molar-refractivity contribution in [3.05, 3.63) is 53.3 Å². The van der Waals surface area contributed by atoms with Crippen LogP contribution in [0.3, 0.4) is 0 Å². The van der Waals surface area contributed by atoms with Crippen molar-refractivity contribution in [2.45, 2.75) is 50.6 Å². The van der Waals surface area contributed by atoms with Gasteiger partial charge in [0, 0.05) is 18.3 Å². The molecule has 5 nitrogen and oxygen atoms in total. The molecule has 1 aromatic carbocycles. The molecule has 8 heteroatoms. The summed E-state index contributed by atoms with van der Waals surface area (Å²) in [7, 11) is -3.87. The molecule has 1 unspecified atom stereocenters. The lowest BCUT2D eigenvalue weighted by molar-refractivity contribution is 0.531. The van der Waals surface area contributed by atoms with Crippen LogP contribution in [-0.4, -0.2) is 24.2 Å². The Hall–Kier alpha value is -2.19. The molecule has 3 aromatic rings. The van der Waals surface area contributed by atoms with E-state index in [0.717, 1.165) is 10.4 Å². The first-order valence-electron chi connectivity index (χ1n) is 9.25. The molecule has 0 bridgehead atoms. The normalized spacial score (nSPS) is 17.2. The molecule has 28 heavy (non-hydrogen) atoms. The van der Waals surface area contributed by atoms with Crippen molar-refractivity contribution < 1.29 is 12.8 Å². The van der Waals surface area contributed by atoms with Gasteiger partial charge in [0.05, 0.1) is 10.6 Å². The molecule has 1 aliphatic heterocycles. The molecule has 3 heterocycles. The summed E-state index contributed by atoms with van der Waals surface area (Å²) in [6.07, 6.45) is 2.91. The predicted octanol–water partition coefficient (Wildman–Crippen LogP) is 4.86. The summed E-state index contributed by atoms with van der Waals surface area (Å²) in [5.74, 6) is -0.349. The lowest BCUT2D eigenvalue weighted by Crippen LogP contribution is -2.42. The van der Waals surface area contributed by atoms with Crippen molar-refractivity contribution in [3.63, 3.8) is 0 Å². The number of rotatable bonds is 4. The number of anilines is 1. The summed E-state index contributed by atoms with van der Waals surface area (Å²) < 4.78 is 44.4. The number of thiophene rings is 1. The molecule has 148 valence electrons. The van der Waals surface area contributed by atoms with E-state index in [4.69, 9.17) is 0 Å². The maximum atomic E-state index is 13.8. The molecule has 0 saturated carbocycles. The summed E-state index contributed by atoms with van der Waals surface area (Å²) in [6.45, 7) is 5.81. The third kappa shape index (κ3) is 3.14. The van der Waals surface area contributed by atoms with E-state index in [-0.39, 0.29) is 22.8 Å². The van der Waals surface area contributed by atoms with E-state index in [0.29, 0.717) is 24.2 Å². The molecule has 1 aliphatic rings. The molecule has 0 fully saturated rings. The second-order valence-corrected chi connectivity index (χ2v) is 10.1. The first-order valence-corrected chi connectivity index (χ1v) is 11.6. The van der Waals surface area contributed by atoms with Crippen LogP contribution in [0.25, 0.3) is 10.6 Å². The van der Waals surface area contributed by atoms with E-state index in [1.807, 2.05) is 38.3 Å². The lowest BCUT2D eigenvalue weighted by atomic mass is 9.99. The van der Waals surface area contributed by atoms with Crippen LogP contribution >= 0.6 is 11.3 Å². The number of aromatic nitrogens is 2. The average molecular weight is 420 g/mol. The highest BCUT2D eigenvalue weighted by atomic mass is 32.2. The van der Waals surface area contributed by atoms with Crippen molar-refractivity contribution in [2.24, 2.45) is 0 Å². The summed E-state index contributed by atoms with van der Waals surface area (Å²) in [5, 5.41) is 6.47. The maximum Gasteiger partial charge on any atom is 0.268 e. The first-order chi connectivity index (χ1) is 13.3. The molecular formula is C20H22FN3O2S2. The topological polar surface area (TPSA) is 55.2 Å². The fourth-order valence-corrected chi connectivity index (χ4v) is 6.23. The van der Waals surface area contributed by atoms with Crippen LogP contribution in [0, 0.1) is 5.82 Å². The lowest BCUT2D eigenvalue weighted by Gasteiger charge is -2.35. The van der Waals surface area contributed by atoms with Gasteiger partial charge in [-0.05, 0) is 68.8 Å². The van der Waals surface area contributed by atoms with Crippen molar-refractivity contribution in [2.75, 3.05) is 4.31 Å². The molecule has 0 spiro atoms. The molecule has 2 aromatic heterocycles. The zero-order valence-corrected chi connectivity index (χ0v) is 17.6. The number of aryl methyl sites for hydroxylation is 1. The number of sulfonamides is 1. The van der Waals surface area contributed by atoms with Gasteiger partial charge in [-0.1, -0.05) is 6.07 Å². The van der Waals surface area contributed by atoms with E-state index in [2.05, 4.69) is 5.10 Å². The number of benzene rings is 1. The summed E-state index contributed by atoms with van der Waals surface area (Å²) >= 11 is 1.46. The summed E-state index contributed by atoms with van der Waals surface area (Å²) in [4.78, 5) is 0.995. The summed E-state index contributed by atoms with van der Waals surface area (Å²) in [5.41, 5.74) is 1.73. The molecule has 0 N–H and O–H groups in total. The van der Waals surface area contributed by atoms with Gasteiger partial charge in [-0.2, -0.15) is 5.10 Å². The van der Waals surface area contributed by atoms with Gasteiger partial charge in [0.15, 0.2) is 0 Å². The fraction of sp³-hybridized carbons (Fsp3) is 0.350. The van der Waals surface area contributed by atoms with Crippen molar-refractivity contribution in [3.8, 4) is 10.6 Å². The van der Waals surface area contributed by atoms with Gasteiger partial charge in [-0.3, -0.25) is 8.99 Å². The Morgan fingerprint density at radius 3 is 2.75 bits per heavy atom. The molecule has 0 amide bonds. The largest absolute Gasteiger partial charge is 0.268 e. The molecule has 4 rings (SSSR count). The van der Waals surface area contributed by atoms with Gasteiger partial charge in [0.25, 0.3) is 10.0 Å². The van der Waals surface area contributed by atoms with Gasteiger partial charge in [0.2, 0.25) is 0 Å². The Morgan fingerprint density at radius 2 is 2.07 bits per heavy atom. The van der Waals surface area contributed by atoms with Crippen LogP contribution in [0.1, 0.15) is 38.8 Å². The molecule has 0 aliphatic carbocycles. The van der Waals surface area contributed by atoms with E-state index < -0.39 is 10.0 Å². The Kier molecular flexibility index (Phi) is 4.79. The van der Waals surface area contributed by atoms with Crippen molar-refractivity contribution in [1.29, 1.82) is 0 Å². The maximum absolute atomic E-state index is 13.8. The van der Waals surface area contributed by atoms with Crippen molar-refractivity contribution in [1.82, 2.24) is 9.78 Å². The third-order valence-electron chi connectivity index (χ3n) is 5.03. The molecular weight excluding hydrogens is 397 g/mol. The van der Waals surface area contributed by atoms with Crippen LogP contribution < -0.4 is 4.31 Å². The quantitative estimate of drug-likeness (QED) is 0.607. The second kappa shape index (κ2) is 7.00. The van der Waals surface area contributed by atoms with E-state index >= 15 is 0 Å². The van der Waals surface area contributed by atoms with Crippen LogP contribution in [-0.2, 0) is 16.4 Å². The monoisotopic (exact) mass is 419 g/mol. The van der Waals surface area contributed by atoms with E-state index in [9.17, 15) is 12.8 Å². The minimum atomic E-state index is -3.87. The van der Waals surface area contributed by atoms with Crippen LogP contribution in [0.4, 0.5) is 10.1 Å². The van der Waals surface area contributed by atoms with Gasteiger partial charge in [-0.15, -0.1) is 11.3 Å². The zero-order valence-electron chi connectivity index (χ0n) is 16.0. The predicted molar refractivity (Wildman–Crippen MR) is 110 cm³/mol. The summed E-state index contributed by atoms with van der Waals surface area (Å²) in [6, 6.07) is 7.88. The van der Waals surface area contributed by atoms with Gasteiger partial charge in [-0.25, -0.2) is 12.8 Å². The number of nitrogens with zero attached hydrogens (tertiary/aromatic N) is 3. The number of hydrogen-bond acceptors (Lipinski definition) is 4. The van der Waals surface area contributed by atoms with Crippen LogP contribution in [0.2, 0.25) is 0 Å². The minimum absolute atomic E-state index is 0.0304. The van der Waals surface area contributed by atoms with Crippen LogP contribution in [0.15, 0.2) is 46.8 Å². The second-order valence-electron chi connectivity index (χ2n) is 7.35. The van der Waals surface area contributed by atoms with Gasteiger partial charge in [0.1, 0.15) is 16.4 Å². The standard InChI is InChI=1S/C20H22FN3O2S2/c1-13(2)23-12-19(20(22-23)18-5-4-10-27-18)28(25,26)24-14(3)6-7-15-11-16(21)8-9-17(15)24/h4-5,8-14H,6-7H2,1-3H3. The Balaban J connectivity index is 1.90. The van der Waals surface area contributed by atoms with Gasteiger partial charge < -0.3 is 0 Å². The number of hydrogen-bond donors (Lipinski definition) is 0. The highest BCUT2D eigenvalue weighted by molar-refractivity contribution is 7.93. The first kappa shape index (κ1) is 19.1. The highest BCUT2D eigenvalue weighted by Crippen LogP contribution is 2.39. The third-order valence-corrected chi connectivity index (χ3v) is 7.84. The Morgan fingerprint density at radius 1 is 1.29 bits per heavy atom. The SMILES string of the molecule is CC1CCc2cc(F)ccc2N1S(=O)(=O)c1cn(C(C)C)nc1-c1cccs1. The van der Waals surface area contributed by atoms with E-state index in [1.165, 1.54) is 27.8 Å². The number of halogens is 1. The molecule has 1 atom stereocenters. The molecule has 0 radical (unpaired) electrons. The minimum Gasteiger partial charge on any atom is -0.268 e. The Labute approximate surface area is 168 Å². The van der Waals surface area contributed by atoms with E-state index in [1.54, 1.807) is 16.9 Å². The van der Waals surface area contributed by atoms with Gasteiger partial charge >= 0.3 is 0 Å². The smallest absolute Gasteiger partial charge is 0.268 e. The molecule has 0 saturated heterocycles.